The number of ether oxygens (including phenoxy) is 1. The molecule has 2 rings (SSSR count). The highest BCUT2D eigenvalue weighted by molar-refractivity contribution is 5.37. The van der Waals surface area contributed by atoms with Gasteiger partial charge in [0.2, 0.25) is 0 Å². The van der Waals surface area contributed by atoms with Crippen LogP contribution in [-0.4, -0.2) is 20.2 Å². The third kappa shape index (κ3) is 3.90. The van der Waals surface area contributed by atoms with Gasteiger partial charge in [-0.25, -0.2) is 0 Å². The van der Waals surface area contributed by atoms with E-state index in [-0.39, 0.29) is 5.92 Å². The predicted octanol–water partition coefficient (Wildman–Crippen LogP) is 4.38. The number of nitrogens with one attached hydrogen (secondary N) is 1. The van der Waals surface area contributed by atoms with Gasteiger partial charge in [0.05, 0.1) is 0 Å². The van der Waals surface area contributed by atoms with Gasteiger partial charge < -0.3 is 10.1 Å². The summed E-state index contributed by atoms with van der Waals surface area (Å²) in [6.45, 7) is 7.84. The van der Waals surface area contributed by atoms with Crippen molar-refractivity contribution in [3.05, 3.63) is 84.4 Å². The average molecular weight is 309 g/mol. The Morgan fingerprint density at radius 1 is 1.04 bits per heavy atom. The van der Waals surface area contributed by atoms with E-state index in [1.807, 2.05) is 18.2 Å². The van der Waals surface area contributed by atoms with Crippen molar-refractivity contribution in [2.75, 3.05) is 20.2 Å². The molecule has 122 valence electrons. The molecule has 0 saturated carbocycles. The van der Waals surface area contributed by atoms with Gasteiger partial charge in [0.25, 0.3) is 0 Å². The maximum atomic E-state index is 6.17. The molecule has 2 heteroatoms. The monoisotopic (exact) mass is 309 g/mol. The summed E-state index contributed by atoms with van der Waals surface area (Å²) in [5, 5.41) is 3.51. The van der Waals surface area contributed by atoms with Crippen molar-refractivity contribution in [2.24, 2.45) is 5.92 Å². The molecule has 2 nitrogen and oxygen atoms in total. The van der Waals surface area contributed by atoms with Gasteiger partial charge in [0.1, 0.15) is 5.60 Å². The molecular weight excluding hydrogens is 282 g/mol. The highest BCUT2D eigenvalue weighted by atomic mass is 16.5. The van der Waals surface area contributed by atoms with E-state index >= 15 is 0 Å². The van der Waals surface area contributed by atoms with Crippen LogP contribution in [0.25, 0.3) is 0 Å². The number of benzene rings is 2. The molecule has 0 radical (unpaired) electrons. The first-order chi connectivity index (χ1) is 11.3. The molecule has 0 saturated heterocycles. The molecule has 0 amide bonds. The van der Waals surface area contributed by atoms with Crippen molar-refractivity contribution >= 4 is 0 Å². The fourth-order valence-corrected chi connectivity index (χ4v) is 3.21. The van der Waals surface area contributed by atoms with Crippen molar-refractivity contribution in [1.29, 1.82) is 0 Å². The molecule has 2 aromatic rings. The molecule has 0 fully saturated rings. The fraction of sp³-hybridized carbons (Fsp3) is 0.333. The third-order valence-electron chi connectivity index (χ3n) is 4.40. The number of hydrogen-bond acceptors (Lipinski definition) is 2. The first-order valence-electron chi connectivity index (χ1n) is 8.23. The molecule has 1 atom stereocenters. The van der Waals surface area contributed by atoms with E-state index in [1.165, 1.54) is 11.1 Å². The minimum atomic E-state index is -0.455. The average Bonchev–Trinajstić information content (AvgIpc) is 2.62. The largest absolute Gasteiger partial charge is 0.368 e. The van der Waals surface area contributed by atoms with Crippen LogP contribution in [0.5, 0.6) is 0 Å². The molecule has 1 unspecified atom stereocenters. The summed E-state index contributed by atoms with van der Waals surface area (Å²) in [6.07, 6.45) is 2.92. The Labute approximate surface area is 140 Å². The van der Waals surface area contributed by atoms with Crippen molar-refractivity contribution in [3.63, 3.8) is 0 Å². The SMILES string of the molecule is C=CCCNCC(C)C(OC)(c1ccccc1)c1ccccc1. The topological polar surface area (TPSA) is 21.3 Å². The summed E-state index contributed by atoms with van der Waals surface area (Å²) in [4.78, 5) is 0. The van der Waals surface area contributed by atoms with E-state index < -0.39 is 5.60 Å². The zero-order chi connectivity index (χ0) is 16.5. The van der Waals surface area contributed by atoms with Gasteiger partial charge >= 0.3 is 0 Å². The molecule has 1 N–H and O–H groups in total. The fourth-order valence-electron chi connectivity index (χ4n) is 3.21. The second-order valence-corrected chi connectivity index (χ2v) is 5.85. The Kier molecular flexibility index (Phi) is 6.57. The van der Waals surface area contributed by atoms with Gasteiger partial charge in [-0.15, -0.1) is 6.58 Å². The Bertz CT molecular complexity index is 540. The minimum Gasteiger partial charge on any atom is -0.368 e. The van der Waals surface area contributed by atoms with Crippen LogP contribution < -0.4 is 5.32 Å². The molecule has 0 aliphatic rings. The third-order valence-corrected chi connectivity index (χ3v) is 4.40. The summed E-state index contributed by atoms with van der Waals surface area (Å²) in [6, 6.07) is 21.0. The molecule has 0 aliphatic heterocycles. The van der Waals surface area contributed by atoms with E-state index in [4.69, 9.17) is 4.74 Å². The Hall–Kier alpha value is -1.90. The number of rotatable bonds is 9. The smallest absolute Gasteiger partial charge is 0.121 e. The second-order valence-electron chi connectivity index (χ2n) is 5.85. The summed E-state index contributed by atoms with van der Waals surface area (Å²) >= 11 is 0. The maximum absolute atomic E-state index is 6.17. The van der Waals surface area contributed by atoms with Crippen LogP contribution in [0, 0.1) is 5.92 Å². The normalized spacial score (nSPS) is 12.8. The van der Waals surface area contributed by atoms with Crippen LogP contribution in [0.15, 0.2) is 73.3 Å². The minimum absolute atomic E-state index is 0.280. The number of methoxy groups -OCH3 is 1. The standard InChI is InChI=1S/C21H27NO/c1-4-5-16-22-17-18(2)21(23-3,19-12-8-6-9-13-19)20-14-10-7-11-15-20/h4,6-15,18,22H,1,5,16-17H2,2-3H3. The van der Waals surface area contributed by atoms with Gasteiger partial charge in [0.15, 0.2) is 0 Å². The Morgan fingerprint density at radius 3 is 2.00 bits per heavy atom. The van der Waals surface area contributed by atoms with E-state index in [9.17, 15) is 0 Å². The van der Waals surface area contributed by atoms with Gasteiger partial charge in [-0.3, -0.25) is 0 Å². The van der Waals surface area contributed by atoms with E-state index in [2.05, 4.69) is 67.4 Å². The molecular formula is C21H27NO. The first-order valence-corrected chi connectivity index (χ1v) is 8.23. The van der Waals surface area contributed by atoms with Gasteiger partial charge in [0, 0.05) is 19.6 Å². The summed E-state index contributed by atoms with van der Waals surface area (Å²) in [7, 11) is 1.81. The second kappa shape index (κ2) is 8.66. The van der Waals surface area contributed by atoms with Gasteiger partial charge in [-0.2, -0.15) is 0 Å². The summed E-state index contributed by atoms with van der Waals surface area (Å²) < 4.78 is 6.17. The van der Waals surface area contributed by atoms with Crippen molar-refractivity contribution in [2.45, 2.75) is 18.9 Å². The van der Waals surface area contributed by atoms with Crippen LogP contribution in [-0.2, 0) is 10.3 Å². The first kappa shape index (κ1) is 17.5. The van der Waals surface area contributed by atoms with Crippen LogP contribution in [0.3, 0.4) is 0 Å². The Balaban J connectivity index is 2.36. The van der Waals surface area contributed by atoms with Crippen molar-refractivity contribution < 1.29 is 4.74 Å². The van der Waals surface area contributed by atoms with Crippen LogP contribution in [0.2, 0.25) is 0 Å². The van der Waals surface area contributed by atoms with Gasteiger partial charge in [-0.05, 0) is 24.1 Å². The predicted molar refractivity (Wildman–Crippen MR) is 97.5 cm³/mol. The Morgan fingerprint density at radius 2 is 1.57 bits per heavy atom. The van der Waals surface area contributed by atoms with Crippen molar-refractivity contribution in [1.82, 2.24) is 5.32 Å². The molecule has 0 aromatic heterocycles. The molecule has 2 aromatic carbocycles. The molecule has 0 heterocycles. The lowest BCUT2D eigenvalue weighted by atomic mass is 9.76. The van der Waals surface area contributed by atoms with E-state index in [1.54, 1.807) is 7.11 Å². The zero-order valence-electron chi connectivity index (χ0n) is 14.2. The van der Waals surface area contributed by atoms with Gasteiger partial charge in [-0.1, -0.05) is 73.7 Å². The highest BCUT2D eigenvalue weighted by Crippen LogP contribution is 2.39. The molecule has 0 spiro atoms. The molecule has 0 aliphatic carbocycles. The lowest BCUT2D eigenvalue weighted by Gasteiger charge is -2.39. The highest BCUT2D eigenvalue weighted by Gasteiger charge is 2.39. The lowest BCUT2D eigenvalue weighted by Crippen LogP contribution is -2.42. The summed E-state index contributed by atoms with van der Waals surface area (Å²) in [5.74, 6) is 0.280. The molecule has 0 bridgehead atoms. The molecule has 23 heavy (non-hydrogen) atoms. The lowest BCUT2D eigenvalue weighted by molar-refractivity contribution is -0.0230. The zero-order valence-corrected chi connectivity index (χ0v) is 14.2. The van der Waals surface area contributed by atoms with Crippen LogP contribution >= 0.6 is 0 Å². The van der Waals surface area contributed by atoms with E-state index in [0.717, 1.165) is 19.5 Å². The summed E-state index contributed by atoms with van der Waals surface area (Å²) in [5.41, 5.74) is 1.92. The number of hydrogen-bond donors (Lipinski definition) is 1. The van der Waals surface area contributed by atoms with Crippen LogP contribution in [0.1, 0.15) is 24.5 Å². The van der Waals surface area contributed by atoms with Crippen LogP contribution in [0.4, 0.5) is 0 Å². The van der Waals surface area contributed by atoms with E-state index in [0.29, 0.717) is 0 Å². The van der Waals surface area contributed by atoms with Crippen molar-refractivity contribution in [3.8, 4) is 0 Å². The maximum Gasteiger partial charge on any atom is 0.121 e. The quantitative estimate of drug-likeness (QED) is 0.548.